The van der Waals surface area contributed by atoms with Gasteiger partial charge in [-0.3, -0.25) is 9.69 Å². The Bertz CT molecular complexity index is 591. The van der Waals surface area contributed by atoms with Gasteiger partial charge in [-0.2, -0.15) is 0 Å². The van der Waals surface area contributed by atoms with Gasteiger partial charge in [-0.25, -0.2) is 4.39 Å². The Morgan fingerprint density at radius 1 is 1.19 bits per heavy atom. The Morgan fingerprint density at radius 2 is 1.86 bits per heavy atom. The van der Waals surface area contributed by atoms with Gasteiger partial charge >= 0.3 is 0 Å². The van der Waals surface area contributed by atoms with Gasteiger partial charge in [0, 0.05) is 6.04 Å². The summed E-state index contributed by atoms with van der Waals surface area (Å²) < 4.78 is 13.6. The van der Waals surface area contributed by atoms with Crippen molar-refractivity contribution in [1.82, 2.24) is 4.90 Å². The number of amides is 1. The van der Waals surface area contributed by atoms with Crippen LogP contribution in [0.1, 0.15) is 37.7 Å². The molecule has 2 nitrogen and oxygen atoms in total. The number of hydrogen-bond donors (Lipinski definition) is 0. The SMILES string of the molecule is O=C1/C(=C\c2ccc(F)cc2)SC(=S)N1C1CCCCC1. The van der Waals surface area contributed by atoms with E-state index in [1.165, 1.54) is 43.2 Å². The zero-order valence-corrected chi connectivity index (χ0v) is 13.2. The molecule has 0 atom stereocenters. The molecule has 0 unspecified atom stereocenters. The molecule has 0 aromatic heterocycles. The van der Waals surface area contributed by atoms with E-state index in [1.807, 2.05) is 0 Å². The van der Waals surface area contributed by atoms with Crippen LogP contribution in [-0.2, 0) is 4.79 Å². The molecule has 1 saturated heterocycles. The van der Waals surface area contributed by atoms with Crippen LogP contribution >= 0.6 is 24.0 Å². The fourth-order valence-corrected chi connectivity index (χ4v) is 4.24. The second kappa shape index (κ2) is 6.28. The van der Waals surface area contributed by atoms with E-state index < -0.39 is 0 Å². The summed E-state index contributed by atoms with van der Waals surface area (Å²) in [6.07, 6.45) is 7.45. The van der Waals surface area contributed by atoms with E-state index in [0.717, 1.165) is 18.4 Å². The van der Waals surface area contributed by atoms with Crippen LogP contribution < -0.4 is 0 Å². The Morgan fingerprint density at radius 3 is 2.52 bits per heavy atom. The van der Waals surface area contributed by atoms with Gasteiger partial charge in [0.25, 0.3) is 5.91 Å². The van der Waals surface area contributed by atoms with Crippen molar-refractivity contribution in [2.24, 2.45) is 0 Å². The van der Waals surface area contributed by atoms with Crippen LogP contribution in [0.4, 0.5) is 4.39 Å². The molecule has 1 amide bonds. The van der Waals surface area contributed by atoms with Crippen molar-refractivity contribution < 1.29 is 9.18 Å². The second-order valence-electron chi connectivity index (χ2n) is 5.40. The maximum Gasteiger partial charge on any atom is 0.266 e. The lowest BCUT2D eigenvalue weighted by atomic mass is 9.94. The predicted octanol–water partition coefficient (Wildman–Crippen LogP) is 4.36. The Hall–Kier alpha value is -1.20. The standard InChI is InChI=1S/C16H16FNOS2/c17-12-8-6-11(7-9-12)10-14-15(19)18(16(20)21-14)13-4-2-1-3-5-13/h6-10,13H,1-5H2/b14-10+. The number of hydrogen-bond acceptors (Lipinski definition) is 3. The van der Waals surface area contributed by atoms with Crippen molar-refractivity contribution in [3.05, 3.63) is 40.6 Å². The van der Waals surface area contributed by atoms with Crippen molar-refractivity contribution in [3.63, 3.8) is 0 Å². The third-order valence-corrected chi connectivity index (χ3v) is 5.26. The minimum absolute atomic E-state index is 0.00113. The quantitative estimate of drug-likeness (QED) is 0.596. The van der Waals surface area contributed by atoms with Crippen LogP contribution in [0.2, 0.25) is 0 Å². The van der Waals surface area contributed by atoms with Crippen LogP contribution in [0, 0.1) is 5.82 Å². The van der Waals surface area contributed by atoms with E-state index in [-0.39, 0.29) is 17.8 Å². The van der Waals surface area contributed by atoms with E-state index in [9.17, 15) is 9.18 Å². The molecule has 0 radical (unpaired) electrons. The molecule has 110 valence electrons. The molecule has 1 aliphatic carbocycles. The molecule has 3 rings (SSSR count). The van der Waals surface area contributed by atoms with Crippen molar-refractivity contribution in [2.45, 2.75) is 38.1 Å². The third-order valence-electron chi connectivity index (χ3n) is 3.93. The first-order valence-corrected chi connectivity index (χ1v) is 8.40. The predicted molar refractivity (Wildman–Crippen MR) is 88.3 cm³/mol. The summed E-state index contributed by atoms with van der Waals surface area (Å²) in [7, 11) is 0. The summed E-state index contributed by atoms with van der Waals surface area (Å²) in [5.74, 6) is -0.275. The van der Waals surface area contributed by atoms with Gasteiger partial charge in [-0.15, -0.1) is 0 Å². The van der Waals surface area contributed by atoms with E-state index in [1.54, 1.807) is 23.1 Å². The number of nitrogens with zero attached hydrogens (tertiary/aromatic N) is 1. The molecule has 0 bridgehead atoms. The lowest BCUT2D eigenvalue weighted by Crippen LogP contribution is -2.39. The number of halogens is 1. The second-order valence-corrected chi connectivity index (χ2v) is 7.07. The molecule has 0 spiro atoms. The first-order valence-electron chi connectivity index (χ1n) is 7.18. The lowest BCUT2D eigenvalue weighted by Gasteiger charge is -2.29. The van der Waals surface area contributed by atoms with Gasteiger partial charge in [0.15, 0.2) is 0 Å². The Kier molecular flexibility index (Phi) is 4.40. The van der Waals surface area contributed by atoms with E-state index in [2.05, 4.69) is 0 Å². The molecule has 1 aliphatic heterocycles. The fourth-order valence-electron chi connectivity index (χ4n) is 2.84. The van der Waals surface area contributed by atoms with E-state index in [0.29, 0.717) is 9.23 Å². The Balaban J connectivity index is 1.80. The van der Waals surface area contributed by atoms with Crippen LogP contribution in [-0.4, -0.2) is 21.2 Å². The number of thioether (sulfide) groups is 1. The molecule has 1 saturated carbocycles. The van der Waals surface area contributed by atoms with Gasteiger partial charge in [-0.1, -0.05) is 55.4 Å². The summed E-state index contributed by atoms with van der Waals surface area (Å²) >= 11 is 6.73. The van der Waals surface area contributed by atoms with Crippen molar-refractivity contribution in [3.8, 4) is 0 Å². The maximum absolute atomic E-state index is 12.9. The monoisotopic (exact) mass is 321 g/mol. The van der Waals surface area contributed by atoms with Crippen LogP contribution in [0.3, 0.4) is 0 Å². The molecule has 21 heavy (non-hydrogen) atoms. The van der Waals surface area contributed by atoms with Crippen molar-refractivity contribution in [1.29, 1.82) is 0 Å². The summed E-state index contributed by atoms with van der Waals surface area (Å²) in [4.78, 5) is 15.0. The van der Waals surface area contributed by atoms with Gasteiger partial charge in [0.05, 0.1) is 4.91 Å². The molecule has 5 heteroatoms. The van der Waals surface area contributed by atoms with Gasteiger partial charge in [0.2, 0.25) is 0 Å². The minimum atomic E-state index is -0.276. The highest BCUT2D eigenvalue weighted by atomic mass is 32.2. The topological polar surface area (TPSA) is 20.3 Å². The highest BCUT2D eigenvalue weighted by Gasteiger charge is 2.37. The average Bonchev–Trinajstić information content (AvgIpc) is 2.77. The molecule has 2 aliphatic rings. The normalized spacial score (nSPS) is 22.3. The van der Waals surface area contributed by atoms with Gasteiger partial charge in [0.1, 0.15) is 10.1 Å². The molecular weight excluding hydrogens is 305 g/mol. The van der Waals surface area contributed by atoms with Crippen LogP contribution in [0.25, 0.3) is 6.08 Å². The van der Waals surface area contributed by atoms with Gasteiger partial charge < -0.3 is 0 Å². The zero-order chi connectivity index (χ0) is 14.8. The first-order chi connectivity index (χ1) is 10.1. The van der Waals surface area contributed by atoms with E-state index >= 15 is 0 Å². The average molecular weight is 321 g/mol. The largest absolute Gasteiger partial charge is 0.290 e. The van der Waals surface area contributed by atoms with E-state index in [4.69, 9.17) is 12.2 Å². The first kappa shape index (κ1) is 14.7. The zero-order valence-electron chi connectivity index (χ0n) is 11.5. The highest BCUT2D eigenvalue weighted by molar-refractivity contribution is 8.26. The minimum Gasteiger partial charge on any atom is -0.290 e. The summed E-state index contributed by atoms with van der Waals surface area (Å²) in [5.41, 5.74) is 0.820. The number of carbonyl (C=O) groups is 1. The van der Waals surface area contributed by atoms with Crippen molar-refractivity contribution >= 4 is 40.3 Å². The van der Waals surface area contributed by atoms with Crippen LogP contribution in [0.5, 0.6) is 0 Å². The fraction of sp³-hybridized carbons (Fsp3) is 0.375. The lowest BCUT2D eigenvalue weighted by molar-refractivity contribution is -0.124. The van der Waals surface area contributed by atoms with Crippen LogP contribution in [0.15, 0.2) is 29.2 Å². The molecule has 2 fully saturated rings. The summed E-state index contributed by atoms with van der Waals surface area (Å²) in [6, 6.07) is 6.39. The number of rotatable bonds is 2. The van der Waals surface area contributed by atoms with Gasteiger partial charge in [-0.05, 0) is 36.6 Å². The third kappa shape index (κ3) is 3.19. The number of benzene rings is 1. The molecule has 0 N–H and O–H groups in total. The van der Waals surface area contributed by atoms with Crippen molar-refractivity contribution in [2.75, 3.05) is 0 Å². The molecular formula is C16H16FNOS2. The maximum atomic E-state index is 12.9. The molecule has 1 aromatic rings. The number of thiocarbonyl (C=S) groups is 1. The number of carbonyl (C=O) groups excluding carboxylic acids is 1. The summed E-state index contributed by atoms with van der Waals surface area (Å²) in [6.45, 7) is 0. The smallest absolute Gasteiger partial charge is 0.266 e. The highest BCUT2D eigenvalue weighted by Crippen LogP contribution is 2.37. The molecule has 1 aromatic carbocycles. The Labute approximate surface area is 133 Å². The summed E-state index contributed by atoms with van der Waals surface area (Å²) in [5, 5.41) is 0. The molecule has 1 heterocycles.